The predicted molar refractivity (Wildman–Crippen MR) is 64.3 cm³/mol. The molecule has 0 bridgehead atoms. The van der Waals surface area contributed by atoms with Crippen LogP contribution in [0.25, 0.3) is 0 Å². The van der Waals surface area contributed by atoms with Gasteiger partial charge in [-0.3, -0.25) is 4.79 Å². The highest BCUT2D eigenvalue weighted by Crippen LogP contribution is 2.22. The van der Waals surface area contributed by atoms with Crippen molar-refractivity contribution >= 4 is 38.4 Å². The van der Waals surface area contributed by atoms with E-state index in [0.717, 1.165) is 22.7 Å². The predicted octanol–water partition coefficient (Wildman–Crippen LogP) is 2.29. The van der Waals surface area contributed by atoms with Crippen LogP contribution in [-0.4, -0.2) is 31.7 Å². The summed E-state index contributed by atoms with van der Waals surface area (Å²) in [5.41, 5.74) is 0. The third-order valence-corrected chi connectivity index (χ3v) is 3.56. The van der Waals surface area contributed by atoms with Crippen LogP contribution in [0.5, 0.6) is 0 Å². The quantitative estimate of drug-likeness (QED) is 0.781. The zero-order valence-electron chi connectivity index (χ0n) is 8.70. The molecule has 0 spiro atoms. The minimum atomic E-state index is -0.163. The van der Waals surface area contributed by atoms with Crippen LogP contribution in [0.15, 0.2) is 9.98 Å². The van der Waals surface area contributed by atoms with Crippen molar-refractivity contribution < 1.29 is 9.53 Å². The van der Waals surface area contributed by atoms with Gasteiger partial charge in [-0.1, -0.05) is 0 Å². The Kier molecular flexibility index (Phi) is 5.04. The van der Waals surface area contributed by atoms with Gasteiger partial charge in [0.1, 0.15) is 4.60 Å². The number of ether oxygens (including phenoxy) is 1. The van der Waals surface area contributed by atoms with Gasteiger partial charge in [0.2, 0.25) is 0 Å². The highest BCUT2D eigenvalue weighted by atomic mass is 79.9. The van der Waals surface area contributed by atoms with Crippen LogP contribution in [0.1, 0.15) is 12.8 Å². The van der Waals surface area contributed by atoms with E-state index in [2.05, 4.69) is 25.7 Å². The summed E-state index contributed by atoms with van der Waals surface area (Å²) in [6.07, 6.45) is 1.23. The van der Waals surface area contributed by atoms with Gasteiger partial charge in [-0.2, -0.15) is 0 Å². The van der Waals surface area contributed by atoms with Crippen LogP contribution in [-0.2, 0) is 9.53 Å². The van der Waals surface area contributed by atoms with Crippen molar-refractivity contribution in [3.63, 3.8) is 0 Å². The van der Waals surface area contributed by atoms with Crippen LogP contribution >= 0.6 is 27.3 Å². The van der Waals surface area contributed by atoms with Gasteiger partial charge in [0.25, 0.3) is 0 Å². The van der Waals surface area contributed by atoms with Crippen LogP contribution in [0.2, 0.25) is 0 Å². The summed E-state index contributed by atoms with van der Waals surface area (Å²) < 4.78 is 5.41. The molecule has 1 aromatic rings. The summed E-state index contributed by atoms with van der Waals surface area (Å²) in [5, 5.41) is 2.89. The summed E-state index contributed by atoms with van der Waals surface area (Å²) in [5.74, 6) is -0.163. The maximum atomic E-state index is 10.9. The van der Waals surface area contributed by atoms with Crippen molar-refractivity contribution in [1.29, 1.82) is 0 Å². The molecule has 0 amide bonds. The lowest BCUT2D eigenvalue weighted by Gasteiger charge is -2.14. The van der Waals surface area contributed by atoms with Crippen LogP contribution in [0, 0.1) is 0 Å². The van der Waals surface area contributed by atoms with Crippen molar-refractivity contribution in [1.82, 2.24) is 4.98 Å². The van der Waals surface area contributed by atoms with Gasteiger partial charge >= 0.3 is 5.97 Å². The highest BCUT2D eigenvalue weighted by molar-refractivity contribution is 9.10. The number of rotatable bonds is 5. The number of hydrogen-bond acceptors (Lipinski definition) is 5. The average molecular weight is 293 g/mol. The number of hydrogen-bond donors (Lipinski definition) is 0. The number of esters is 1. The standard InChI is InChI=1S/C9H13BrN2O2S/c1-12(5-3-4-8(13)14-2)9-11-7(10)6-15-9/h6H,3-5H2,1-2H3. The number of thiazole rings is 1. The first-order valence-electron chi connectivity index (χ1n) is 4.52. The van der Waals surface area contributed by atoms with E-state index in [-0.39, 0.29) is 5.97 Å². The van der Waals surface area contributed by atoms with Crippen LogP contribution in [0.4, 0.5) is 5.13 Å². The summed E-state index contributed by atoms with van der Waals surface area (Å²) in [6, 6.07) is 0. The Morgan fingerprint density at radius 1 is 1.73 bits per heavy atom. The van der Waals surface area contributed by atoms with Gasteiger partial charge in [-0.15, -0.1) is 11.3 Å². The molecule has 15 heavy (non-hydrogen) atoms. The van der Waals surface area contributed by atoms with E-state index in [1.807, 2.05) is 17.3 Å². The number of carbonyl (C=O) groups excluding carboxylic acids is 1. The van der Waals surface area contributed by atoms with E-state index >= 15 is 0 Å². The molecule has 0 aliphatic heterocycles. The molecule has 0 saturated carbocycles. The van der Waals surface area contributed by atoms with Crippen molar-refractivity contribution in [3.05, 3.63) is 9.98 Å². The molecule has 0 radical (unpaired) electrons. The summed E-state index contributed by atoms with van der Waals surface area (Å²) in [4.78, 5) is 17.2. The molecule has 1 heterocycles. The largest absolute Gasteiger partial charge is 0.469 e. The third-order valence-electron chi connectivity index (χ3n) is 1.89. The Balaban J connectivity index is 2.30. The van der Waals surface area contributed by atoms with Crippen molar-refractivity contribution in [2.24, 2.45) is 0 Å². The Labute approximate surface area is 101 Å². The molecule has 0 atom stereocenters. The summed E-state index contributed by atoms with van der Waals surface area (Å²) >= 11 is 4.88. The lowest BCUT2D eigenvalue weighted by atomic mass is 10.3. The van der Waals surface area contributed by atoms with E-state index in [4.69, 9.17) is 0 Å². The molecular formula is C9H13BrN2O2S. The van der Waals surface area contributed by atoms with E-state index in [1.165, 1.54) is 7.11 Å². The normalized spacial score (nSPS) is 10.1. The number of halogens is 1. The zero-order chi connectivity index (χ0) is 11.3. The molecule has 1 aromatic heterocycles. The molecule has 0 aromatic carbocycles. The Morgan fingerprint density at radius 2 is 2.47 bits per heavy atom. The van der Waals surface area contributed by atoms with E-state index < -0.39 is 0 Å². The molecule has 0 unspecified atom stereocenters. The number of nitrogens with zero attached hydrogens (tertiary/aromatic N) is 2. The van der Waals surface area contributed by atoms with Gasteiger partial charge in [-0.05, 0) is 22.4 Å². The second-order valence-corrected chi connectivity index (χ2v) is 4.70. The first-order valence-corrected chi connectivity index (χ1v) is 6.19. The lowest BCUT2D eigenvalue weighted by molar-refractivity contribution is -0.140. The molecule has 0 aliphatic rings. The smallest absolute Gasteiger partial charge is 0.305 e. The third kappa shape index (κ3) is 4.17. The zero-order valence-corrected chi connectivity index (χ0v) is 11.1. The summed E-state index contributed by atoms with van der Waals surface area (Å²) in [6.45, 7) is 0.801. The van der Waals surface area contributed by atoms with Crippen LogP contribution in [0.3, 0.4) is 0 Å². The first-order chi connectivity index (χ1) is 7.13. The number of carbonyl (C=O) groups is 1. The minimum absolute atomic E-state index is 0.163. The van der Waals surface area contributed by atoms with Gasteiger partial charge in [-0.25, -0.2) is 4.98 Å². The Morgan fingerprint density at radius 3 is 3.00 bits per heavy atom. The second kappa shape index (κ2) is 6.07. The van der Waals surface area contributed by atoms with E-state index in [1.54, 1.807) is 11.3 Å². The van der Waals surface area contributed by atoms with Crippen molar-refractivity contribution in [3.8, 4) is 0 Å². The topological polar surface area (TPSA) is 42.4 Å². The fourth-order valence-electron chi connectivity index (χ4n) is 1.08. The minimum Gasteiger partial charge on any atom is -0.469 e. The van der Waals surface area contributed by atoms with E-state index in [0.29, 0.717) is 6.42 Å². The van der Waals surface area contributed by atoms with Crippen molar-refractivity contribution in [2.45, 2.75) is 12.8 Å². The molecule has 0 saturated heterocycles. The van der Waals surface area contributed by atoms with Crippen molar-refractivity contribution in [2.75, 3.05) is 25.6 Å². The Hall–Kier alpha value is -0.620. The monoisotopic (exact) mass is 292 g/mol. The molecule has 4 nitrogen and oxygen atoms in total. The fourth-order valence-corrected chi connectivity index (χ4v) is 2.32. The number of aromatic nitrogens is 1. The molecule has 6 heteroatoms. The van der Waals surface area contributed by atoms with Gasteiger partial charge in [0.05, 0.1) is 7.11 Å². The maximum Gasteiger partial charge on any atom is 0.305 e. The first kappa shape index (κ1) is 12.4. The van der Waals surface area contributed by atoms with Gasteiger partial charge < -0.3 is 9.64 Å². The van der Waals surface area contributed by atoms with Gasteiger partial charge in [0, 0.05) is 25.4 Å². The molecule has 84 valence electrons. The molecular weight excluding hydrogens is 280 g/mol. The molecule has 0 aliphatic carbocycles. The second-order valence-electron chi connectivity index (χ2n) is 3.05. The average Bonchev–Trinajstić information content (AvgIpc) is 2.64. The molecule has 1 rings (SSSR count). The fraction of sp³-hybridized carbons (Fsp3) is 0.556. The maximum absolute atomic E-state index is 10.9. The highest BCUT2D eigenvalue weighted by Gasteiger charge is 2.06. The summed E-state index contributed by atoms with van der Waals surface area (Å²) in [7, 11) is 3.37. The van der Waals surface area contributed by atoms with E-state index in [9.17, 15) is 4.79 Å². The number of anilines is 1. The molecule has 0 fully saturated rings. The molecule has 0 N–H and O–H groups in total. The Bertz CT molecular complexity index is 330. The lowest BCUT2D eigenvalue weighted by Crippen LogP contribution is -2.19. The number of methoxy groups -OCH3 is 1. The SMILES string of the molecule is COC(=O)CCCN(C)c1nc(Br)cs1. The van der Waals surface area contributed by atoms with Gasteiger partial charge in [0.15, 0.2) is 5.13 Å². The van der Waals surface area contributed by atoms with Crippen LogP contribution < -0.4 is 4.90 Å².